The van der Waals surface area contributed by atoms with Crippen molar-refractivity contribution in [3.8, 4) is 11.3 Å². The molecular formula is C21H20FN5O2. The number of halogens is 1. The van der Waals surface area contributed by atoms with E-state index in [-0.39, 0.29) is 16.5 Å². The first kappa shape index (κ1) is 17.8. The second kappa shape index (κ2) is 6.97. The van der Waals surface area contributed by atoms with Gasteiger partial charge in [-0.1, -0.05) is 0 Å². The Hall–Kier alpha value is -3.26. The Balaban J connectivity index is 1.61. The van der Waals surface area contributed by atoms with Crippen LogP contribution in [0.5, 0.6) is 0 Å². The second-order valence-electron chi connectivity index (χ2n) is 7.30. The van der Waals surface area contributed by atoms with Crippen molar-refractivity contribution >= 4 is 22.3 Å². The molecule has 1 N–H and O–H groups in total. The van der Waals surface area contributed by atoms with Gasteiger partial charge in [-0.15, -0.1) is 0 Å². The minimum atomic E-state index is -0.542. The monoisotopic (exact) mass is 393 g/mol. The molecule has 4 heterocycles. The fourth-order valence-corrected chi connectivity index (χ4v) is 3.76. The first-order chi connectivity index (χ1) is 14.1. The molecule has 7 nitrogen and oxygen atoms in total. The molecule has 0 saturated carbocycles. The number of fused-ring (bicyclic) bond motifs is 2. The third kappa shape index (κ3) is 3.25. The lowest BCUT2D eigenvalue weighted by molar-refractivity contribution is 0.557. The summed E-state index contributed by atoms with van der Waals surface area (Å²) in [7, 11) is 0. The van der Waals surface area contributed by atoms with Crippen molar-refractivity contribution in [3.63, 3.8) is 0 Å². The zero-order valence-electron chi connectivity index (χ0n) is 16.0. The van der Waals surface area contributed by atoms with Crippen LogP contribution < -0.4 is 15.8 Å². The van der Waals surface area contributed by atoms with Gasteiger partial charge in [-0.3, -0.25) is 4.98 Å². The molecule has 5 rings (SSSR count). The average Bonchev–Trinajstić information content (AvgIpc) is 2.92. The van der Waals surface area contributed by atoms with Crippen LogP contribution in [0.3, 0.4) is 0 Å². The molecule has 0 aliphatic carbocycles. The smallest absolute Gasteiger partial charge is 0.345 e. The van der Waals surface area contributed by atoms with Gasteiger partial charge in [0.25, 0.3) is 0 Å². The number of hydrogen-bond donors (Lipinski definition) is 1. The number of anilines is 1. The second-order valence-corrected chi connectivity index (χ2v) is 7.30. The van der Waals surface area contributed by atoms with Gasteiger partial charge in [-0.25, -0.2) is 14.2 Å². The van der Waals surface area contributed by atoms with Gasteiger partial charge in [0.05, 0.1) is 28.5 Å². The van der Waals surface area contributed by atoms with Crippen LogP contribution >= 0.6 is 0 Å². The van der Waals surface area contributed by atoms with Crippen molar-refractivity contribution in [1.82, 2.24) is 19.7 Å². The standard InChI is InChI=1S/C21H20FN5O2/c1-13-11-27-12-18(25-20(27)10-24-13)16-9-15-17(22)7-14(8-19(15)29-21(16)28)26-5-2-3-23-4-6-26/h7-12,23H,2-6H2,1H3. The average molecular weight is 393 g/mol. The predicted octanol–water partition coefficient (Wildman–Crippen LogP) is 2.75. The number of nitrogens with zero attached hydrogens (tertiary/aromatic N) is 4. The van der Waals surface area contributed by atoms with Crippen molar-refractivity contribution in [1.29, 1.82) is 0 Å². The van der Waals surface area contributed by atoms with Gasteiger partial charge in [0.15, 0.2) is 5.65 Å². The fourth-order valence-electron chi connectivity index (χ4n) is 3.76. The zero-order chi connectivity index (χ0) is 20.0. The fraction of sp³-hybridized carbons (Fsp3) is 0.286. The molecule has 4 aromatic rings. The van der Waals surface area contributed by atoms with E-state index >= 15 is 0 Å². The van der Waals surface area contributed by atoms with E-state index in [9.17, 15) is 9.18 Å². The molecule has 0 amide bonds. The molecule has 0 spiro atoms. The van der Waals surface area contributed by atoms with E-state index in [2.05, 4.69) is 20.2 Å². The van der Waals surface area contributed by atoms with E-state index in [1.165, 1.54) is 12.1 Å². The van der Waals surface area contributed by atoms with Crippen LogP contribution in [0.4, 0.5) is 10.1 Å². The van der Waals surface area contributed by atoms with E-state index in [1.807, 2.05) is 13.1 Å². The maximum absolute atomic E-state index is 14.9. The quantitative estimate of drug-likeness (QED) is 0.528. The maximum Gasteiger partial charge on any atom is 0.345 e. The molecule has 0 unspecified atom stereocenters. The van der Waals surface area contributed by atoms with Gasteiger partial charge >= 0.3 is 5.63 Å². The Bertz CT molecular complexity index is 1270. The van der Waals surface area contributed by atoms with Crippen molar-refractivity contribution < 1.29 is 8.81 Å². The van der Waals surface area contributed by atoms with Gasteiger partial charge in [0.1, 0.15) is 11.4 Å². The molecular weight excluding hydrogens is 373 g/mol. The van der Waals surface area contributed by atoms with Crippen LogP contribution in [0.2, 0.25) is 0 Å². The summed E-state index contributed by atoms with van der Waals surface area (Å²) in [6.07, 6.45) is 6.14. The first-order valence-electron chi connectivity index (χ1n) is 9.63. The summed E-state index contributed by atoms with van der Waals surface area (Å²) in [4.78, 5) is 23.4. The lowest BCUT2D eigenvalue weighted by Gasteiger charge is -2.22. The summed E-state index contributed by atoms with van der Waals surface area (Å²) >= 11 is 0. The van der Waals surface area contributed by atoms with Crippen LogP contribution in [0, 0.1) is 12.7 Å². The Kier molecular flexibility index (Phi) is 4.28. The number of rotatable bonds is 2. The van der Waals surface area contributed by atoms with Crippen LogP contribution in [0.15, 0.2) is 46.0 Å². The minimum absolute atomic E-state index is 0.226. The van der Waals surface area contributed by atoms with Gasteiger partial charge in [-0.2, -0.15) is 0 Å². The number of imidazole rings is 1. The SMILES string of the molecule is Cc1cn2cc(-c3cc4c(F)cc(N5CCCNCC5)cc4oc3=O)nc2cn1. The summed E-state index contributed by atoms with van der Waals surface area (Å²) in [5.41, 5.74) is 2.51. The molecule has 1 saturated heterocycles. The molecule has 0 atom stereocenters. The maximum atomic E-state index is 14.9. The molecule has 1 fully saturated rings. The van der Waals surface area contributed by atoms with E-state index in [1.54, 1.807) is 22.9 Å². The highest BCUT2D eigenvalue weighted by Crippen LogP contribution is 2.28. The van der Waals surface area contributed by atoms with Crippen LogP contribution in [-0.2, 0) is 0 Å². The van der Waals surface area contributed by atoms with Gasteiger partial charge < -0.3 is 19.0 Å². The van der Waals surface area contributed by atoms with Gasteiger partial charge in [-0.05, 0) is 32.0 Å². The first-order valence-corrected chi connectivity index (χ1v) is 9.63. The molecule has 1 aromatic carbocycles. The van der Waals surface area contributed by atoms with Crippen molar-refractivity contribution in [2.75, 3.05) is 31.1 Å². The van der Waals surface area contributed by atoms with Gasteiger partial charge in [0.2, 0.25) is 0 Å². The van der Waals surface area contributed by atoms with Gasteiger partial charge in [0, 0.05) is 43.8 Å². The van der Waals surface area contributed by atoms with E-state index in [0.29, 0.717) is 11.3 Å². The number of benzene rings is 1. The molecule has 29 heavy (non-hydrogen) atoms. The third-order valence-electron chi connectivity index (χ3n) is 5.24. The summed E-state index contributed by atoms with van der Waals surface area (Å²) in [6, 6.07) is 4.77. The Labute approximate surface area is 165 Å². The minimum Gasteiger partial charge on any atom is -0.422 e. The third-order valence-corrected chi connectivity index (χ3v) is 5.24. The summed E-state index contributed by atoms with van der Waals surface area (Å²) in [6.45, 7) is 5.26. The van der Waals surface area contributed by atoms with Crippen molar-refractivity contribution in [2.45, 2.75) is 13.3 Å². The van der Waals surface area contributed by atoms with Crippen molar-refractivity contribution in [2.24, 2.45) is 0 Å². The Morgan fingerprint density at radius 2 is 2.07 bits per heavy atom. The molecule has 8 heteroatoms. The van der Waals surface area contributed by atoms with Crippen LogP contribution in [-0.4, -0.2) is 40.5 Å². The highest BCUT2D eigenvalue weighted by atomic mass is 19.1. The molecule has 0 bridgehead atoms. The number of aryl methyl sites for hydroxylation is 1. The molecule has 1 aliphatic rings. The lowest BCUT2D eigenvalue weighted by Crippen LogP contribution is -2.27. The predicted molar refractivity (Wildman–Crippen MR) is 109 cm³/mol. The van der Waals surface area contributed by atoms with E-state index < -0.39 is 11.4 Å². The summed E-state index contributed by atoms with van der Waals surface area (Å²) in [5, 5.41) is 3.59. The topological polar surface area (TPSA) is 75.7 Å². The normalized spacial score (nSPS) is 15.2. The Morgan fingerprint density at radius 3 is 2.97 bits per heavy atom. The van der Waals surface area contributed by atoms with Crippen molar-refractivity contribution in [3.05, 3.63) is 58.7 Å². The molecule has 1 aliphatic heterocycles. The highest BCUT2D eigenvalue weighted by Gasteiger charge is 2.17. The van der Waals surface area contributed by atoms with Crippen LogP contribution in [0.1, 0.15) is 12.1 Å². The molecule has 0 radical (unpaired) electrons. The molecule has 3 aromatic heterocycles. The van der Waals surface area contributed by atoms with E-state index in [4.69, 9.17) is 4.42 Å². The number of hydrogen-bond acceptors (Lipinski definition) is 6. The van der Waals surface area contributed by atoms with E-state index in [0.717, 1.165) is 44.0 Å². The molecule has 148 valence electrons. The highest BCUT2D eigenvalue weighted by molar-refractivity contribution is 5.85. The zero-order valence-corrected chi connectivity index (χ0v) is 16.0. The summed E-state index contributed by atoms with van der Waals surface area (Å²) < 4.78 is 22.2. The number of aromatic nitrogens is 3. The Morgan fingerprint density at radius 1 is 1.17 bits per heavy atom. The largest absolute Gasteiger partial charge is 0.422 e. The van der Waals surface area contributed by atoms with Crippen LogP contribution in [0.25, 0.3) is 27.9 Å². The lowest BCUT2D eigenvalue weighted by atomic mass is 10.1. The number of nitrogens with one attached hydrogen (secondary N) is 1. The summed E-state index contributed by atoms with van der Waals surface area (Å²) in [5.74, 6) is -0.416.